The number of carbonyl (C=O) groups is 2. The minimum atomic E-state index is -4.15. The first-order chi connectivity index (χ1) is 21.1. The molecule has 0 heterocycles. The molecule has 0 aliphatic heterocycles. The van der Waals surface area contributed by atoms with Gasteiger partial charge in [-0.05, 0) is 89.5 Å². The van der Waals surface area contributed by atoms with Crippen LogP contribution in [0.4, 0.5) is 5.69 Å². The molecule has 0 aliphatic rings. The number of sulfonamides is 1. The highest BCUT2D eigenvalue weighted by molar-refractivity contribution is 14.1. The van der Waals surface area contributed by atoms with Crippen LogP contribution in [0.25, 0.3) is 0 Å². The molecule has 2 amide bonds. The van der Waals surface area contributed by atoms with Gasteiger partial charge in [0.25, 0.3) is 10.0 Å². The summed E-state index contributed by atoms with van der Waals surface area (Å²) in [6.45, 7) is 3.36. The van der Waals surface area contributed by atoms with Crippen LogP contribution in [-0.2, 0) is 32.6 Å². The molecule has 0 saturated heterocycles. The van der Waals surface area contributed by atoms with Crippen molar-refractivity contribution in [2.75, 3.05) is 10.8 Å². The van der Waals surface area contributed by atoms with E-state index in [0.717, 1.165) is 13.4 Å². The topological polar surface area (TPSA) is 86.8 Å². The smallest absolute Gasteiger partial charge is 0.264 e. The zero-order valence-corrected chi connectivity index (χ0v) is 28.3. The van der Waals surface area contributed by atoms with Crippen molar-refractivity contribution in [3.8, 4) is 0 Å². The summed E-state index contributed by atoms with van der Waals surface area (Å²) in [6.07, 6.45) is 0.937. The molecule has 10 heteroatoms. The first kappa shape index (κ1) is 33.5. The Morgan fingerprint density at radius 1 is 0.864 bits per heavy atom. The molecule has 4 aromatic rings. The lowest BCUT2D eigenvalue weighted by atomic mass is 10.0. The van der Waals surface area contributed by atoms with Crippen molar-refractivity contribution < 1.29 is 18.0 Å². The van der Waals surface area contributed by atoms with E-state index in [0.29, 0.717) is 22.7 Å². The van der Waals surface area contributed by atoms with Crippen LogP contribution in [0.5, 0.6) is 0 Å². The maximum atomic E-state index is 14.5. The second-order valence-electron chi connectivity index (χ2n) is 10.4. The molecule has 0 saturated carbocycles. The van der Waals surface area contributed by atoms with Gasteiger partial charge in [-0.25, -0.2) is 8.42 Å². The van der Waals surface area contributed by atoms with Crippen molar-refractivity contribution in [1.29, 1.82) is 0 Å². The Balaban J connectivity index is 1.80. The van der Waals surface area contributed by atoms with Gasteiger partial charge in [0.2, 0.25) is 11.8 Å². The highest BCUT2D eigenvalue weighted by Gasteiger charge is 2.35. The number of hydrogen-bond donors (Lipinski definition) is 1. The quantitative estimate of drug-likeness (QED) is 0.155. The molecule has 4 rings (SSSR count). The summed E-state index contributed by atoms with van der Waals surface area (Å²) < 4.78 is 30.1. The van der Waals surface area contributed by atoms with Crippen LogP contribution in [0, 0.1) is 3.57 Å². The molecule has 0 aromatic heterocycles. The average molecular weight is 744 g/mol. The lowest BCUT2D eigenvalue weighted by molar-refractivity contribution is -0.140. The van der Waals surface area contributed by atoms with E-state index in [9.17, 15) is 18.0 Å². The largest absolute Gasteiger partial charge is 0.352 e. The maximum Gasteiger partial charge on any atom is 0.264 e. The summed E-state index contributed by atoms with van der Waals surface area (Å²) >= 11 is 8.69. The van der Waals surface area contributed by atoms with Gasteiger partial charge in [0.15, 0.2) is 0 Å². The van der Waals surface area contributed by atoms with Crippen LogP contribution in [-0.4, -0.2) is 43.8 Å². The number of carbonyl (C=O) groups excluding carboxylic acids is 2. The van der Waals surface area contributed by atoms with Crippen LogP contribution in [0.1, 0.15) is 31.4 Å². The van der Waals surface area contributed by atoms with Gasteiger partial charge in [-0.1, -0.05) is 85.3 Å². The van der Waals surface area contributed by atoms with E-state index in [1.165, 1.54) is 17.0 Å². The molecule has 44 heavy (non-hydrogen) atoms. The van der Waals surface area contributed by atoms with Crippen molar-refractivity contribution in [3.05, 3.63) is 129 Å². The molecule has 0 aliphatic carbocycles. The van der Waals surface area contributed by atoms with Crippen LogP contribution in [0.2, 0.25) is 5.02 Å². The fraction of sp³-hybridized carbons (Fsp3) is 0.235. The van der Waals surface area contributed by atoms with E-state index in [2.05, 4.69) is 27.9 Å². The first-order valence-corrected chi connectivity index (χ1v) is 17.2. The predicted octanol–water partition coefficient (Wildman–Crippen LogP) is 6.69. The summed E-state index contributed by atoms with van der Waals surface area (Å²) in [5.41, 5.74) is 1.84. The zero-order chi connectivity index (χ0) is 31.7. The molecule has 7 nitrogen and oxygen atoms in total. The molecule has 4 aromatic carbocycles. The molecular weight excluding hydrogens is 709 g/mol. The van der Waals surface area contributed by atoms with Gasteiger partial charge in [0.05, 0.1) is 10.6 Å². The third-order valence-electron chi connectivity index (χ3n) is 7.30. The summed E-state index contributed by atoms with van der Waals surface area (Å²) in [7, 11) is -4.15. The van der Waals surface area contributed by atoms with Gasteiger partial charge in [-0.3, -0.25) is 13.9 Å². The molecular formula is C34H35ClIN3O4S. The average Bonchev–Trinajstić information content (AvgIpc) is 3.03. The molecule has 1 N–H and O–H groups in total. The Kier molecular flexibility index (Phi) is 11.8. The number of rotatable bonds is 13. The van der Waals surface area contributed by atoms with Gasteiger partial charge < -0.3 is 10.2 Å². The van der Waals surface area contributed by atoms with Crippen LogP contribution in [0.3, 0.4) is 0 Å². The van der Waals surface area contributed by atoms with E-state index in [1.807, 2.05) is 50.2 Å². The lowest BCUT2D eigenvalue weighted by Gasteiger charge is -2.34. The minimum Gasteiger partial charge on any atom is -0.352 e. The fourth-order valence-electron chi connectivity index (χ4n) is 4.66. The second kappa shape index (κ2) is 15.5. The number of hydrogen-bond acceptors (Lipinski definition) is 4. The molecule has 230 valence electrons. The van der Waals surface area contributed by atoms with Gasteiger partial charge in [-0.15, -0.1) is 0 Å². The maximum absolute atomic E-state index is 14.5. The molecule has 0 bridgehead atoms. The molecule has 2 unspecified atom stereocenters. The van der Waals surface area contributed by atoms with E-state index >= 15 is 0 Å². The highest BCUT2D eigenvalue weighted by Crippen LogP contribution is 2.26. The molecule has 0 radical (unpaired) electrons. The Morgan fingerprint density at radius 2 is 1.45 bits per heavy atom. The van der Waals surface area contributed by atoms with E-state index in [4.69, 9.17) is 11.6 Å². The van der Waals surface area contributed by atoms with Crippen LogP contribution in [0.15, 0.2) is 114 Å². The molecule has 0 spiro atoms. The third-order valence-corrected chi connectivity index (χ3v) is 10.2. The Morgan fingerprint density at radius 3 is 2.07 bits per heavy atom. The standard InChI is InChI=1S/C34H35ClIN3O4S/c1-3-25(2)37-34(41)32(22-26-12-6-4-7-13-26)38(23-27-14-10-11-17-31(27)35)33(40)24-39(29-20-18-28(36)19-21-29)44(42,43)30-15-8-5-9-16-30/h4-21,25,32H,3,22-24H2,1-2H3,(H,37,41). The van der Waals surface area contributed by atoms with E-state index < -0.39 is 28.5 Å². The van der Waals surface area contributed by atoms with Gasteiger partial charge in [0.1, 0.15) is 12.6 Å². The van der Waals surface area contributed by atoms with E-state index in [1.54, 1.807) is 60.7 Å². The van der Waals surface area contributed by atoms with E-state index in [-0.39, 0.29) is 29.8 Å². The first-order valence-electron chi connectivity index (χ1n) is 14.3. The van der Waals surface area contributed by atoms with Crippen molar-refractivity contribution >= 4 is 61.7 Å². The fourth-order valence-corrected chi connectivity index (χ4v) is 6.65. The lowest BCUT2D eigenvalue weighted by Crippen LogP contribution is -2.54. The molecule has 0 fully saturated rings. The second-order valence-corrected chi connectivity index (χ2v) is 14.0. The Bertz CT molecular complexity index is 1660. The number of halogens is 2. The monoisotopic (exact) mass is 743 g/mol. The Hall–Kier alpha value is -3.41. The predicted molar refractivity (Wildman–Crippen MR) is 184 cm³/mol. The SMILES string of the molecule is CCC(C)NC(=O)C(Cc1ccccc1)N(Cc1ccccc1Cl)C(=O)CN(c1ccc(I)cc1)S(=O)(=O)c1ccccc1. The van der Waals surface area contributed by atoms with Crippen molar-refractivity contribution in [1.82, 2.24) is 10.2 Å². The van der Waals surface area contributed by atoms with Gasteiger partial charge in [0, 0.05) is 27.6 Å². The minimum absolute atomic E-state index is 0.00977. The summed E-state index contributed by atoms with van der Waals surface area (Å²) in [5.74, 6) is -0.862. The molecule has 2 atom stereocenters. The van der Waals surface area contributed by atoms with Gasteiger partial charge >= 0.3 is 0 Å². The number of nitrogens with zero attached hydrogens (tertiary/aromatic N) is 2. The van der Waals surface area contributed by atoms with Crippen molar-refractivity contribution in [2.45, 2.75) is 50.2 Å². The highest BCUT2D eigenvalue weighted by atomic mass is 127. The number of nitrogens with one attached hydrogen (secondary N) is 1. The number of anilines is 1. The normalized spacial score (nSPS) is 12.6. The van der Waals surface area contributed by atoms with Crippen LogP contribution < -0.4 is 9.62 Å². The number of amides is 2. The van der Waals surface area contributed by atoms with Crippen molar-refractivity contribution in [3.63, 3.8) is 0 Å². The third kappa shape index (κ3) is 8.61. The summed E-state index contributed by atoms with van der Waals surface area (Å²) in [4.78, 5) is 29.9. The Labute approximate surface area is 278 Å². The van der Waals surface area contributed by atoms with Crippen LogP contribution >= 0.6 is 34.2 Å². The number of benzene rings is 4. The summed E-state index contributed by atoms with van der Waals surface area (Å²) in [5, 5.41) is 3.48. The zero-order valence-electron chi connectivity index (χ0n) is 24.6. The van der Waals surface area contributed by atoms with Gasteiger partial charge in [-0.2, -0.15) is 0 Å². The van der Waals surface area contributed by atoms with Crippen molar-refractivity contribution in [2.24, 2.45) is 0 Å². The summed E-state index contributed by atoms with van der Waals surface area (Å²) in [6, 6.07) is 30.4.